The molecule has 0 heterocycles. The van der Waals surface area contributed by atoms with Crippen LogP contribution in [0.4, 0.5) is 0 Å². The van der Waals surface area contributed by atoms with Crippen molar-refractivity contribution in [2.24, 2.45) is 4.99 Å². The van der Waals surface area contributed by atoms with Gasteiger partial charge in [-0.25, -0.2) is 0 Å². The van der Waals surface area contributed by atoms with E-state index in [1.807, 2.05) is 42.5 Å². The number of nitrogens with one attached hydrogen (secondary N) is 2. The zero-order valence-corrected chi connectivity index (χ0v) is 16.2. The molecule has 2 aromatic rings. The van der Waals surface area contributed by atoms with Crippen LogP contribution in [-0.2, 0) is 13.1 Å². The third-order valence-corrected chi connectivity index (χ3v) is 3.30. The van der Waals surface area contributed by atoms with Crippen LogP contribution in [0.1, 0.15) is 11.1 Å². The first-order valence-corrected chi connectivity index (χ1v) is 7.63. The lowest BCUT2D eigenvalue weighted by molar-refractivity contribution is 0.358. The Morgan fingerprint density at radius 2 is 1.71 bits per heavy atom. The minimum absolute atomic E-state index is 0. The molecule has 5 heteroatoms. The lowest BCUT2D eigenvalue weighted by Gasteiger charge is -2.14. The molecule has 0 fully saturated rings. The van der Waals surface area contributed by atoms with Gasteiger partial charge in [0.05, 0.1) is 0 Å². The van der Waals surface area contributed by atoms with Gasteiger partial charge in [0.2, 0.25) is 0 Å². The summed E-state index contributed by atoms with van der Waals surface area (Å²) < 4.78 is 5.66. The van der Waals surface area contributed by atoms with Gasteiger partial charge >= 0.3 is 0 Å². The van der Waals surface area contributed by atoms with Crippen molar-refractivity contribution in [2.75, 3.05) is 13.7 Å². The first-order valence-electron chi connectivity index (χ1n) is 7.63. The molecule has 0 atom stereocenters. The Kier molecular flexibility index (Phi) is 9.60. The Morgan fingerprint density at radius 1 is 1.04 bits per heavy atom. The normalized spacial score (nSPS) is 10.5. The lowest BCUT2D eigenvalue weighted by atomic mass is 10.2. The molecule has 0 aliphatic heterocycles. The maximum Gasteiger partial charge on any atom is 0.191 e. The predicted molar refractivity (Wildman–Crippen MR) is 111 cm³/mol. The van der Waals surface area contributed by atoms with E-state index in [9.17, 15) is 0 Å². The molecule has 0 spiro atoms. The average molecular weight is 437 g/mol. The number of ether oxygens (including phenoxy) is 1. The lowest BCUT2D eigenvalue weighted by Crippen LogP contribution is -2.36. The molecule has 0 aliphatic rings. The fourth-order valence-corrected chi connectivity index (χ4v) is 2.12. The highest BCUT2D eigenvalue weighted by atomic mass is 127. The Morgan fingerprint density at radius 3 is 2.42 bits per heavy atom. The zero-order valence-electron chi connectivity index (χ0n) is 13.9. The Bertz CT molecular complexity index is 644. The van der Waals surface area contributed by atoms with Gasteiger partial charge in [-0.1, -0.05) is 61.2 Å². The van der Waals surface area contributed by atoms with E-state index in [1.54, 1.807) is 13.1 Å². The van der Waals surface area contributed by atoms with Gasteiger partial charge in [0.1, 0.15) is 12.4 Å². The van der Waals surface area contributed by atoms with Crippen LogP contribution < -0.4 is 15.4 Å². The molecule has 2 N–H and O–H groups in total. The topological polar surface area (TPSA) is 45.6 Å². The van der Waals surface area contributed by atoms with Crippen molar-refractivity contribution in [3.05, 3.63) is 78.4 Å². The van der Waals surface area contributed by atoms with Gasteiger partial charge in [0, 0.05) is 25.7 Å². The molecule has 0 amide bonds. The minimum Gasteiger partial charge on any atom is -0.489 e. The number of para-hydroxylation sites is 1. The van der Waals surface area contributed by atoms with E-state index in [2.05, 4.69) is 34.3 Å². The van der Waals surface area contributed by atoms with Crippen LogP contribution in [0.15, 0.2) is 72.2 Å². The second kappa shape index (κ2) is 11.5. The third-order valence-electron chi connectivity index (χ3n) is 3.30. The summed E-state index contributed by atoms with van der Waals surface area (Å²) in [6.07, 6.45) is 1.74. The second-order valence-corrected chi connectivity index (χ2v) is 4.97. The summed E-state index contributed by atoms with van der Waals surface area (Å²) in [6.45, 7) is 5.55. The zero-order chi connectivity index (χ0) is 16.3. The number of nitrogens with zero attached hydrogens (tertiary/aromatic N) is 1. The molecule has 0 aliphatic carbocycles. The smallest absolute Gasteiger partial charge is 0.191 e. The van der Waals surface area contributed by atoms with Crippen LogP contribution in [0, 0.1) is 0 Å². The first kappa shape index (κ1) is 20.0. The van der Waals surface area contributed by atoms with Gasteiger partial charge in [0.25, 0.3) is 0 Å². The van der Waals surface area contributed by atoms with Gasteiger partial charge < -0.3 is 15.4 Å². The molecule has 0 saturated heterocycles. The summed E-state index contributed by atoms with van der Waals surface area (Å²) in [5.41, 5.74) is 2.29. The van der Waals surface area contributed by atoms with Gasteiger partial charge in [-0.3, -0.25) is 4.99 Å². The summed E-state index contributed by atoms with van der Waals surface area (Å²) in [7, 11) is 1.76. The Hall–Kier alpha value is -2.02. The van der Waals surface area contributed by atoms with Crippen molar-refractivity contribution in [1.82, 2.24) is 10.6 Å². The Balaban J connectivity index is 0.00000288. The van der Waals surface area contributed by atoms with Crippen molar-refractivity contribution in [1.29, 1.82) is 0 Å². The van der Waals surface area contributed by atoms with Gasteiger partial charge in [-0.2, -0.15) is 0 Å². The van der Waals surface area contributed by atoms with E-state index in [0.717, 1.165) is 23.8 Å². The third kappa shape index (κ3) is 6.62. The van der Waals surface area contributed by atoms with Crippen molar-refractivity contribution >= 4 is 29.9 Å². The summed E-state index contributed by atoms with van der Waals surface area (Å²) in [6, 6.07) is 18.2. The first-order chi connectivity index (χ1) is 11.3. The van der Waals surface area contributed by atoms with Crippen LogP contribution in [0.3, 0.4) is 0 Å². The molecule has 0 radical (unpaired) electrons. The highest BCUT2D eigenvalue weighted by molar-refractivity contribution is 14.0. The maximum absolute atomic E-state index is 5.66. The largest absolute Gasteiger partial charge is 0.489 e. The highest BCUT2D eigenvalue weighted by Gasteiger charge is 2.04. The average Bonchev–Trinajstić information content (AvgIpc) is 2.61. The molecule has 0 unspecified atom stereocenters. The molecule has 4 nitrogen and oxygen atoms in total. The molecule has 24 heavy (non-hydrogen) atoms. The van der Waals surface area contributed by atoms with E-state index in [0.29, 0.717) is 13.2 Å². The summed E-state index contributed by atoms with van der Waals surface area (Å²) >= 11 is 0. The van der Waals surface area contributed by atoms with E-state index < -0.39 is 0 Å². The maximum atomic E-state index is 5.66. The quantitative estimate of drug-likeness (QED) is 0.300. The van der Waals surface area contributed by atoms with Crippen molar-refractivity contribution < 1.29 is 4.74 Å². The second-order valence-electron chi connectivity index (χ2n) is 4.97. The molecule has 0 aromatic heterocycles. The standard InChI is InChI=1S/C19H23N3O.HI/c1-3-13-23-18-12-8-7-11-17(18)15-22-19(20-2)21-14-16-9-5-4-6-10-16;/h3-12H,1,13-15H2,2H3,(H2,20,21,22);1H. The van der Waals surface area contributed by atoms with E-state index in [4.69, 9.17) is 4.74 Å². The fraction of sp³-hybridized carbons (Fsp3) is 0.211. The number of halogens is 1. The monoisotopic (exact) mass is 437 g/mol. The van der Waals surface area contributed by atoms with E-state index >= 15 is 0 Å². The number of guanidine groups is 1. The van der Waals surface area contributed by atoms with Gasteiger partial charge in [-0.15, -0.1) is 24.0 Å². The van der Waals surface area contributed by atoms with Crippen LogP contribution in [0.2, 0.25) is 0 Å². The Labute approximate surface area is 161 Å². The molecule has 2 rings (SSSR count). The molecule has 0 saturated carbocycles. The van der Waals surface area contributed by atoms with Crippen LogP contribution in [-0.4, -0.2) is 19.6 Å². The van der Waals surface area contributed by atoms with Crippen molar-refractivity contribution in [3.8, 4) is 5.75 Å². The number of benzene rings is 2. The SMILES string of the molecule is C=CCOc1ccccc1CNC(=NC)NCc1ccccc1.I. The summed E-state index contributed by atoms with van der Waals surface area (Å²) in [5, 5.41) is 6.61. The van der Waals surface area contributed by atoms with Gasteiger partial charge in [-0.05, 0) is 11.6 Å². The molecule has 2 aromatic carbocycles. The van der Waals surface area contributed by atoms with Crippen molar-refractivity contribution in [2.45, 2.75) is 13.1 Å². The minimum atomic E-state index is 0. The number of aliphatic imine (C=N–C) groups is 1. The number of hydrogen-bond acceptors (Lipinski definition) is 2. The summed E-state index contributed by atoms with van der Waals surface area (Å²) in [4.78, 5) is 4.25. The number of rotatable bonds is 7. The van der Waals surface area contributed by atoms with Gasteiger partial charge in [0.15, 0.2) is 5.96 Å². The van der Waals surface area contributed by atoms with Crippen LogP contribution in [0.25, 0.3) is 0 Å². The van der Waals surface area contributed by atoms with Crippen molar-refractivity contribution in [3.63, 3.8) is 0 Å². The summed E-state index contributed by atoms with van der Waals surface area (Å²) in [5.74, 6) is 1.62. The molecular formula is C19H24IN3O. The van der Waals surface area contributed by atoms with E-state index in [1.165, 1.54) is 5.56 Å². The predicted octanol–water partition coefficient (Wildman–Crippen LogP) is 3.73. The highest BCUT2D eigenvalue weighted by Crippen LogP contribution is 2.17. The molecule has 128 valence electrons. The van der Waals surface area contributed by atoms with Crippen LogP contribution in [0.5, 0.6) is 5.75 Å². The van der Waals surface area contributed by atoms with Crippen LogP contribution >= 0.6 is 24.0 Å². The molecular weight excluding hydrogens is 413 g/mol. The van der Waals surface area contributed by atoms with E-state index in [-0.39, 0.29) is 24.0 Å². The fourth-order valence-electron chi connectivity index (χ4n) is 2.12. The molecule has 0 bridgehead atoms. The number of hydrogen-bond donors (Lipinski definition) is 2.